The molecule has 2 rings (SSSR count). The summed E-state index contributed by atoms with van der Waals surface area (Å²) in [6, 6.07) is 6.64. The molecule has 1 unspecified atom stereocenters. The number of likely N-dealkylation sites (N-methyl/N-ethyl adjacent to an activating group) is 1. The summed E-state index contributed by atoms with van der Waals surface area (Å²) >= 11 is 0. The van der Waals surface area contributed by atoms with Crippen LogP contribution < -0.4 is 0 Å². The van der Waals surface area contributed by atoms with Gasteiger partial charge in [-0.3, -0.25) is 14.6 Å². The number of pyridine rings is 1. The van der Waals surface area contributed by atoms with Gasteiger partial charge in [0.15, 0.2) is 0 Å². The first kappa shape index (κ1) is 13.7. The van der Waals surface area contributed by atoms with Crippen LogP contribution in [0.1, 0.15) is 23.9 Å². The summed E-state index contributed by atoms with van der Waals surface area (Å²) in [6.07, 6.45) is 3.82. The van der Waals surface area contributed by atoms with Crippen LogP contribution in [0.5, 0.6) is 0 Å². The van der Waals surface area contributed by atoms with E-state index in [4.69, 9.17) is 0 Å². The van der Waals surface area contributed by atoms with Gasteiger partial charge in [-0.25, -0.2) is 0 Å². The molecule has 2 aromatic heterocycles. The minimum Gasteiger partial charge on any atom is -0.296 e. The smallest absolute Gasteiger partial charge is 0.0562 e. The number of nitrogens with zero attached hydrogens (tertiary/aromatic N) is 4. The van der Waals surface area contributed by atoms with Crippen molar-refractivity contribution in [3.63, 3.8) is 0 Å². The number of hydrogen-bond acceptors (Lipinski definition) is 3. The molecule has 0 aliphatic carbocycles. The Kier molecular flexibility index (Phi) is 4.32. The molecule has 0 aliphatic rings. The van der Waals surface area contributed by atoms with Crippen molar-refractivity contribution >= 4 is 0 Å². The van der Waals surface area contributed by atoms with E-state index in [1.165, 1.54) is 5.56 Å². The lowest BCUT2D eigenvalue weighted by Gasteiger charge is -2.24. The Balaban J connectivity index is 1.97. The van der Waals surface area contributed by atoms with E-state index < -0.39 is 0 Å². The van der Waals surface area contributed by atoms with Gasteiger partial charge in [0.1, 0.15) is 0 Å². The highest BCUT2D eigenvalue weighted by atomic mass is 15.3. The molecule has 0 aromatic carbocycles. The van der Waals surface area contributed by atoms with Crippen LogP contribution in [0.2, 0.25) is 0 Å². The SMILES string of the molecule is Cc1cc(C)nc(CN(C)C(C)Cn2cccn2)c1. The Hall–Kier alpha value is -1.68. The maximum absolute atomic E-state index is 4.59. The predicted octanol–water partition coefficient (Wildman–Crippen LogP) is 2.42. The minimum atomic E-state index is 0.419. The van der Waals surface area contributed by atoms with Crippen LogP contribution in [0, 0.1) is 13.8 Å². The summed E-state index contributed by atoms with van der Waals surface area (Å²) in [5.41, 5.74) is 3.49. The van der Waals surface area contributed by atoms with Crippen molar-refractivity contribution in [3.05, 3.63) is 47.5 Å². The lowest BCUT2D eigenvalue weighted by Crippen LogP contribution is -2.32. The molecule has 2 heterocycles. The van der Waals surface area contributed by atoms with E-state index in [9.17, 15) is 0 Å². The molecule has 0 saturated carbocycles. The molecule has 102 valence electrons. The third-order valence-corrected chi connectivity index (χ3v) is 3.33. The number of rotatable bonds is 5. The molecule has 4 nitrogen and oxygen atoms in total. The summed E-state index contributed by atoms with van der Waals surface area (Å²) in [5.74, 6) is 0. The maximum atomic E-state index is 4.59. The van der Waals surface area contributed by atoms with Crippen molar-refractivity contribution in [2.24, 2.45) is 0 Å². The van der Waals surface area contributed by atoms with Gasteiger partial charge in [-0.15, -0.1) is 0 Å². The molecule has 0 fully saturated rings. The molecule has 19 heavy (non-hydrogen) atoms. The standard InChI is InChI=1S/C15H22N4/c1-12-8-13(2)17-15(9-12)11-18(4)14(3)10-19-7-5-6-16-19/h5-9,14H,10-11H2,1-4H3. The quantitative estimate of drug-likeness (QED) is 0.826. The van der Waals surface area contributed by atoms with Gasteiger partial charge in [0, 0.05) is 30.7 Å². The van der Waals surface area contributed by atoms with Crippen molar-refractivity contribution in [2.45, 2.75) is 39.9 Å². The van der Waals surface area contributed by atoms with Gasteiger partial charge in [0.2, 0.25) is 0 Å². The van der Waals surface area contributed by atoms with Gasteiger partial charge in [0.05, 0.1) is 12.2 Å². The average molecular weight is 258 g/mol. The van der Waals surface area contributed by atoms with E-state index in [1.54, 1.807) is 0 Å². The third kappa shape index (κ3) is 3.89. The van der Waals surface area contributed by atoms with Crippen molar-refractivity contribution in [2.75, 3.05) is 7.05 Å². The Morgan fingerprint density at radius 2 is 2.11 bits per heavy atom. The second kappa shape index (κ2) is 5.97. The summed E-state index contributed by atoms with van der Waals surface area (Å²) in [7, 11) is 2.13. The zero-order valence-electron chi connectivity index (χ0n) is 12.2. The molecular formula is C15H22N4. The highest BCUT2D eigenvalue weighted by molar-refractivity contribution is 5.19. The minimum absolute atomic E-state index is 0.419. The average Bonchev–Trinajstić information content (AvgIpc) is 2.80. The fraction of sp³-hybridized carbons (Fsp3) is 0.467. The lowest BCUT2D eigenvalue weighted by molar-refractivity contribution is 0.219. The monoisotopic (exact) mass is 258 g/mol. The molecule has 0 aliphatic heterocycles. The Bertz CT molecular complexity index is 499. The van der Waals surface area contributed by atoms with Gasteiger partial charge in [-0.2, -0.15) is 5.10 Å². The van der Waals surface area contributed by atoms with E-state index in [-0.39, 0.29) is 0 Å². The van der Waals surface area contributed by atoms with Crippen LogP contribution >= 0.6 is 0 Å². The van der Waals surface area contributed by atoms with Crippen molar-refractivity contribution < 1.29 is 0 Å². The maximum Gasteiger partial charge on any atom is 0.0562 e. The van der Waals surface area contributed by atoms with Crippen LogP contribution in [-0.4, -0.2) is 32.8 Å². The largest absolute Gasteiger partial charge is 0.296 e. The van der Waals surface area contributed by atoms with Crippen LogP contribution in [0.15, 0.2) is 30.6 Å². The normalized spacial score (nSPS) is 12.9. The van der Waals surface area contributed by atoms with Crippen LogP contribution in [0.25, 0.3) is 0 Å². The zero-order valence-corrected chi connectivity index (χ0v) is 12.2. The summed E-state index contributed by atoms with van der Waals surface area (Å²) < 4.78 is 1.97. The Morgan fingerprint density at radius 1 is 1.32 bits per heavy atom. The highest BCUT2D eigenvalue weighted by Crippen LogP contribution is 2.09. The summed E-state index contributed by atoms with van der Waals surface area (Å²) in [6.45, 7) is 8.14. The second-order valence-corrected chi connectivity index (χ2v) is 5.27. The van der Waals surface area contributed by atoms with Gasteiger partial charge in [-0.1, -0.05) is 0 Å². The van der Waals surface area contributed by atoms with Gasteiger partial charge < -0.3 is 0 Å². The Labute approximate surface area is 115 Å². The highest BCUT2D eigenvalue weighted by Gasteiger charge is 2.11. The molecule has 0 amide bonds. The van der Waals surface area contributed by atoms with Crippen molar-refractivity contribution in [1.82, 2.24) is 19.7 Å². The van der Waals surface area contributed by atoms with Gasteiger partial charge in [-0.05, 0) is 51.6 Å². The van der Waals surface area contributed by atoms with Crippen LogP contribution in [0.3, 0.4) is 0 Å². The first-order valence-corrected chi connectivity index (χ1v) is 6.66. The molecule has 1 atom stereocenters. The van der Waals surface area contributed by atoms with Crippen LogP contribution in [-0.2, 0) is 13.1 Å². The molecule has 2 aromatic rings. The van der Waals surface area contributed by atoms with E-state index in [0.29, 0.717) is 6.04 Å². The predicted molar refractivity (Wildman–Crippen MR) is 76.9 cm³/mol. The van der Waals surface area contributed by atoms with Crippen molar-refractivity contribution in [3.8, 4) is 0 Å². The summed E-state index contributed by atoms with van der Waals surface area (Å²) in [4.78, 5) is 6.90. The first-order chi connectivity index (χ1) is 9.04. The topological polar surface area (TPSA) is 34.0 Å². The lowest BCUT2D eigenvalue weighted by atomic mass is 10.2. The van der Waals surface area contributed by atoms with Crippen molar-refractivity contribution in [1.29, 1.82) is 0 Å². The van der Waals surface area contributed by atoms with E-state index in [1.807, 2.05) is 30.1 Å². The fourth-order valence-corrected chi connectivity index (χ4v) is 2.24. The fourth-order valence-electron chi connectivity index (χ4n) is 2.24. The zero-order chi connectivity index (χ0) is 13.8. The molecule has 0 saturated heterocycles. The number of aromatic nitrogens is 3. The molecule has 0 radical (unpaired) electrons. The molecular weight excluding hydrogens is 236 g/mol. The Morgan fingerprint density at radius 3 is 2.74 bits per heavy atom. The number of aryl methyl sites for hydroxylation is 2. The molecule has 0 N–H and O–H groups in total. The second-order valence-electron chi connectivity index (χ2n) is 5.27. The van der Waals surface area contributed by atoms with Gasteiger partial charge in [0.25, 0.3) is 0 Å². The van der Waals surface area contributed by atoms with E-state index in [0.717, 1.165) is 24.5 Å². The number of hydrogen-bond donors (Lipinski definition) is 0. The van der Waals surface area contributed by atoms with E-state index >= 15 is 0 Å². The van der Waals surface area contributed by atoms with Crippen LogP contribution in [0.4, 0.5) is 0 Å². The van der Waals surface area contributed by atoms with E-state index in [2.05, 4.69) is 48.0 Å². The molecule has 0 bridgehead atoms. The molecule has 4 heteroatoms. The summed E-state index contributed by atoms with van der Waals surface area (Å²) in [5, 5.41) is 4.25. The third-order valence-electron chi connectivity index (χ3n) is 3.33. The van der Waals surface area contributed by atoms with Gasteiger partial charge >= 0.3 is 0 Å². The first-order valence-electron chi connectivity index (χ1n) is 6.66. The molecule has 0 spiro atoms.